The van der Waals surface area contributed by atoms with Gasteiger partial charge in [-0.15, -0.1) is 0 Å². The second kappa shape index (κ2) is 11.0. The number of nitrogens with zero attached hydrogens (tertiary/aromatic N) is 3. The van der Waals surface area contributed by atoms with Crippen LogP contribution in [0.4, 0.5) is 13.2 Å². The van der Waals surface area contributed by atoms with E-state index in [2.05, 4.69) is 9.80 Å². The van der Waals surface area contributed by atoms with Gasteiger partial charge in [0.05, 0.1) is 18.7 Å². The number of ether oxygens (including phenoxy) is 1. The lowest BCUT2D eigenvalue weighted by Gasteiger charge is -2.35. The maximum absolute atomic E-state index is 12.7. The van der Waals surface area contributed by atoms with Crippen LogP contribution in [0.15, 0.2) is 24.3 Å². The number of carbonyl (C=O) groups is 1. The minimum Gasteiger partial charge on any atom is -0.494 e. The molecule has 2 aliphatic heterocycles. The molecule has 1 amide bonds. The molecule has 0 spiro atoms. The number of carbonyl (C=O) groups excluding carboxylic acids is 1. The van der Waals surface area contributed by atoms with Gasteiger partial charge in [0.15, 0.2) is 0 Å². The molecule has 0 radical (unpaired) electrons. The van der Waals surface area contributed by atoms with Crippen molar-refractivity contribution < 1.29 is 22.7 Å². The summed E-state index contributed by atoms with van der Waals surface area (Å²) in [6.07, 6.45) is 1.07. The number of halogens is 3. The van der Waals surface area contributed by atoms with Gasteiger partial charge in [-0.1, -0.05) is 18.9 Å². The van der Waals surface area contributed by atoms with E-state index >= 15 is 0 Å². The lowest BCUT2D eigenvalue weighted by Crippen LogP contribution is -2.50. The van der Waals surface area contributed by atoms with Crippen LogP contribution in [0.2, 0.25) is 0 Å². The molecule has 0 saturated carbocycles. The van der Waals surface area contributed by atoms with E-state index in [1.807, 2.05) is 4.90 Å². The van der Waals surface area contributed by atoms with Crippen molar-refractivity contribution in [2.75, 3.05) is 59.0 Å². The molecule has 0 atom stereocenters. The average molecular weight is 428 g/mol. The summed E-state index contributed by atoms with van der Waals surface area (Å²) in [6, 6.07) is 5.00. The average Bonchev–Trinajstić information content (AvgIpc) is 3.02. The summed E-state index contributed by atoms with van der Waals surface area (Å²) in [5.41, 5.74) is -0.689. The minimum absolute atomic E-state index is 0.250. The highest BCUT2D eigenvalue weighted by Crippen LogP contribution is 2.31. The van der Waals surface area contributed by atoms with E-state index < -0.39 is 11.7 Å². The SMILES string of the molecule is O=C(CN1CCN(CCCOc2cccc(C(F)(F)F)c2)CC1)N1CCCCCC1. The number of alkyl halides is 3. The number of rotatable bonds is 7. The topological polar surface area (TPSA) is 36.0 Å². The van der Waals surface area contributed by atoms with Crippen molar-refractivity contribution in [1.82, 2.24) is 14.7 Å². The first kappa shape index (κ1) is 22.9. The van der Waals surface area contributed by atoms with Crippen molar-refractivity contribution >= 4 is 5.91 Å². The lowest BCUT2D eigenvalue weighted by molar-refractivity contribution is -0.137. The second-order valence-corrected chi connectivity index (χ2v) is 8.14. The monoisotopic (exact) mass is 427 g/mol. The molecule has 168 valence electrons. The van der Waals surface area contributed by atoms with Gasteiger partial charge in [-0.05, 0) is 37.5 Å². The van der Waals surface area contributed by atoms with Gasteiger partial charge in [-0.3, -0.25) is 9.69 Å². The van der Waals surface area contributed by atoms with E-state index in [9.17, 15) is 18.0 Å². The van der Waals surface area contributed by atoms with Gasteiger partial charge >= 0.3 is 6.18 Å². The maximum atomic E-state index is 12.7. The van der Waals surface area contributed by atoms with Crippen molar-refractivity contribution in [2.45, 2.75) is 38.3 Å². The Morgan fingerprint density at radius 3 is 2.27 bits per heavy atom. The molecule has 2 heterocycles. The standard InChI is InChI=1S/C22H32F3N3O2/c23-22(24,25)19-7-5-8-20(17-19)30-16-6-9-26-12-14-27(15-13-26)18-21(29)28-10-3-1-2-4-11-28/h5,7-8,17H,1-4,6,9-16,18H2. The molecular weight excluding hydrogens is 395 g/mol. The molecule has 0 aliphatic carbocycles. The molecule has 30 heavy (non-hydrogen) atoms. The molecule has 2 fully saturated rings. The van der Waals surface area contributed by atoms with Crippen LogP contribution >= 0.6 is 0 Å². The van der Waals surface area contributed by atoms with Crippen LogP contribution in [0, 0.1) is 0 Å². The van der Waals surface area contributed by atoms with Crippen molar-refractivity contribution in [3.63, 3.8) is 0 Å². The number of amides is 1. The Labute approximate surface area is 176 Å². The van der Waals surface area contributed by atoms with Gasteiger partial charge in [0.25, 0.3) is 0 Å². The number of hydrogen-bond donors (Lipinski definition) is 0. The molecule has 0 unspecified atom stereocenters. The molecule has 3 rings (SSSR count). The van der Waals surface area contributed by atoms with Crippen LogP contribution in [0.3, 0.4) is 0 Å². The maximum Gasteiger partial charge on any atom is 0.416 e. The molecular formula is C22H32F3N3O2. The Kier molecular flexibility index (Phi) is 8.39. The third-order valence-corrected chi connectivity index (χ3v) is 5.83. The first-order valence-electron chi connectivity index (χ1n) is 10.9. The first-order chi connectivity index (χ1) is 14.4. The van der Waals surface area contributed by atoms with E-state index in [0.29, 0.717) is 13.2 Å². The van der Waals surface area contributed by atoms with E-state index in [0.717, 1.165) is 77.2 Å². The quantitative estimate of drug-likeness (QED) is 0.624. The lowest BCUT2D eigenvalue weighted by atomic mass is 10.2. The third-order valence-electron chi connectivity index (χ3n) is 5.83. The fourth-order valence-electron chi connectivity index (χ4n) is 4.02. The van der Waals surface area contributed by atoms with Gasteiger partial charge in [-0.25, -0.2) is 0 Å². The molecule has 1 aromatic rings. The van der Waals surface area contributed by atoms with Crippen LogP contribution in [0.25, 0.3) is 0 Å². The fraction of sp³-hybridized carbons (Fsp3) is 0.682. The second-order valence-electron chi connectivity index (χ2n) is 8.14. The van der Waals surface area contributed by atoms with Crippen molar-refractivity contribution in [1.29, 1.82) is 0 Å². The summed E-state index contributed by atoms with van der Waals surface area (Å²) in [5, 5.41) is 0. The summed E-state index contributed by atoms with van der Waals surface area (Å²) < 4.78 is 43.7. The number of likely N-dealkylation sites (tertiary alicyclic amines) is 1. The minimum atomic E-state index is -4.35. The van der Waals surface area contributed by atoms with Crippen molar-refractivity contribution in [3.05, 3.63) is 29.8 Å². The molecule has 0 N–H and O–H groups in total. The van der Waals surface area contributed by atoms with E-state index in [4.69, 9.17) is 4.74 Å². The Morgan fingerprint density at radius 2 is 1.60 bits per heavy atom. The van der Waals surface area contributed by atoms with Crippen molar-refractivity contribution in [3.8, 4) is 5.75 Å². The van der Waals surface area contributed by atoms with Gasteiger partial charge in [0.2, 0.25) is 5.91 Å². The largest absolute Gasteiger partial charge is 0.494 e. The fourth-order valence-corrected chi connectivity index (χ4v) is 4.02. The highest BCUT2D eigenvalue weighted by molar-refractivity contribution is 5.78. The summed E-state index contributed by atoms with van der Waals surface area (Å²) >= 11 is 0. The highest BCUT2D eigenvalue weighted by Gasteiger charge is 2.30. The molecule has 8 heteroatoms. The molecule has 2 saturated heterocycles. The number of benzene rings is 1. The Bertz CT molecular complexity index is 668. The van der Waals surface area contributed by atoms with Gasteiger partial charge < -0.3 is 14.5 Å². The van der Waals surface area contributed by atoms with Crippen LogP contribution in [-0.4, -0.2) is 79.6 Å². The predicted molar refractivity (Wildman–Crippen MR) is 109 cm³/mol. The number of piperazine rings is 1. The van der Waals surface area contributed by atoms with E-state index in [-0.39, 0.29) is 11.7 Å². The van der Waals surface area contributed by atoms with E-state index in [1.165, 1.54) is 18.9 Å². The zero-order valence-corrected chi connectivity index (χ0v) is 17.5. The van der Waals surface area contributed by atoms with Gasteiger partial charge in [-0.2, -0.15) is 13.2 Å². The van der Waals surface area contributed by atoms with Gasteiger partial charge in [0.1, 0.15) is 5.75 Å². The van der Waals surface area contributed by atoms with E-state index in [1.54, 1.807) is 6.07 Å². The summed E-state index contributed by atoms with van der Waals surface area (Å²) in [7, 11) is 0. The van der Waals surface area contributed by atoms with Crippen LogP contribution in [-0.2, 0) is 11.0 Å². The normalized spacial score (nSPS) is 19.5. The van der Waals surface area contributed by atoms with Crippen LogP contribution in [0.5, 0.6) is 5.75 Å². The molecule has 1 aromatic carbocycles. The van der Waals surface area contributed by atoms with Crippen LogP contribution in [0.1, 0.15) is 37.7 Å². The predicted octanol–water partition coefficient (Wildman–Crippen LogP) is 3.49. The summed E-state index contributed by atoms with van der Waals surface area (Å²) in [5.74, 6) is 0.501. The Hall–Kier alpha value is -1.80. The van der Waals surface area contributed by atoms with Crippen LogP contribution < -0.4 is 4.74 Å². The molecule has 5 nitrogen and oxygen atoms in total. The smallest absolute Gasteiger partial charge is 0.416 e. The molecule has 0 aromatic heterocycles. The van der Waals surface area contributed by atoms with Gasteiger partial charge in [0, 0.05) is 45.8 Å². The Balaban J connectivity index is 1.31. The third kappa shape index (κ3) is 7.16. The summed E-state index contributed by atoms with van der Waals surface area (Å²) in [4.78, 5) is 19.1. The highest BCUT2D eigenvalue weighted by atomic mass is 19.4. The van der Waals surface area contributed by atoms with Crippen molar-refractivity contribution in [2.24, 2.45) is 0 Å². The zero-order chi connectivity index (χ0) is 21.4. The number of hydrogen-bond acceptors (Lipinski definition) is 4. The molecule has 0 bridgehead atoms. The Morgan fingerprint density at radius 1 is 0.933 bits per heavy atom. The zero-order valence-electron chi connectivity index (χ0n) is 17.5. The summed E-state index contributed by atoms with van der Waals surface area (Å²) in [6.45, 7) is 7.06. The molecule has 2 aliphatic rings. The first-order valence-corrected chi connectivity index (χ1v) is 10.9.